The Balaban J connectivity index is 2.18. The molecule has 0 aliphatic carbocycles. The van der Waals surface area contributed by atoms with E-state index in [0.717, 1.165) is 12.6 Å². The predicted molar refractivity (Wildman–Crippen MR) is 41.8 cm³/mol. The molecular formula is C8H17NO. The normalized spacial score (nSPS) is 28.8. The Bertz CT molecular complexity index is 93.3. The quantitative estimate of drug-likeness (QED) is 0.578. The zero-order valence-corrected chi connectivity index (χ0v) is 6.97. The molecular weight excluding hydrogens is 126 g/mol. The van der Waals surface area contributed by atoms with Crippen molar-refractivity contribution >= 4 is 0 Å². The van der Waals surface area contributed by atoms with Gasteiger partial charge in [-0.05, 0) is 18.8 Å². The Morgan fingerprint density at radius 2 is 2.40 bits per heavy atom. The van der Waals surface area contributed by atoms with Crippen LogP contribution in [0.2, 0.25) is 0 Å². The maximum atomic E-state index is 5.06. The first-order valence-electron chi connectivity index (χ1n) is 4.04. The van der Waals surface area contributed by atoms with Gasteiger partial charge in [-0.1, -0.05) is 6.92 Å². The van der Waals surface area contributed by atoms with E-state index in [1.165, 1.54) is 25.9 Å². The molecule has 0 saturated carbocycles. The van der Waals surface area contributed by atoms with E-state index in [-0.39, 0.29) is 0 Å². The third-order valence-corrected chi connectivity index (χ3v) is 2.05. The number of hydrogen-bond donors (Lipinski definition) is 0. The van der Waals surface area contributed by atoms with Gasteiger partial charge in [0.05, 0.1) is 6.73 Å². The monoisotopic (exact) mass is 143 g/mol. The fraction of sp³-hybridized carbons (Fsp3) is 1.00. The van der Waals surface area contributed by atoms with Gasteiger partial charge < -0.3 is 4.74 Å². The molecule has 0 radical (unpaired) electrons. The number of nitrogens with zero attached hydrogens (tertiary/aromatic N) is 1. The van der Waals surface area contributed by atoms with Crippen molar-refractivity contribution in [3.8, 4) is 0 Å². The molecule has 1 saturated heterocycles. The maximum Gasteiger partial charge on any atom is 0.0986 e. The van der Waals surface area contributed by atoms with E-state index in [0.29, 0.717) is 0 Å². The van der Waals surface area contributed by atoms with Gasteiger partial charge in [-0.3, -0.25) is 4.90 Å². The van der Waals surface area contributed by atoms with Crippen LogP contribution in [0.1, 0.15) is 19.8 Å². The van der Waals surface area contributed by atoms with Gasteiger partial charge in [0.15, 0.2) is 0 Å². The van der Waals surface area contributed by atoms with Crippen molar-refractivity contribution < 1.29 is 4.74 Å². The van der Waals surface area contributed by atoms with Gasteiger partial charge in [-0.25, -0.2) is 0 Å². The van der Waals surface area contributed by atoms with Gasteiger partial charge >= 0.3 is 0 Å². The molecule has 1 unspecified atom stereocenters. The largest absolute Gasteiger partial charge is 0.369 e. The lowest BCUT2D eigenvalue weighted by Crippen LogP contribution is -2.35. The number of hydrogen-bond acceptors (Lipinski definition) is 2. The van der Waals surface area contributed by atoms with Gasteiger partial charge in [0.1, 0.15) is 0 Å². The van der Waals surface area contributed by atoms with Crippen LogP contribution in [0.15, 0.2) is 0 Å². The number of methoxy groups -OCH3 is 1. The zero-order chi connectivity index (χ0) is 7.40. The molecule has 0 amide bonds. The summed E-state index contributed by atoms with van der Waals surface area (Å²) in [7, 11) is 1.76. The molecule has 2 nitrogen and oxygen atoms in total. The van der Waals surface area contributed by atoms with Gasteiger partial charge in [0.2, 0.25) is 0 Å². The Morgan fingerprint density at radius 3 is 3.00 bits per heavy atom. The van der Waals surface area contributed by atoms with Crippen molar-refractivity contribution in [2.24, 2.45) is 5.92 Å². The highest BCUT2D eigenvalue weighted by molar-refractivity contribution is 4.67. The van der Waals surface area contributed by atoms with Crippen LogP contribution in [0.5, 0.6) is 0 Å². The van der Waals surface area contributed by atoms with Crippen molar-refractivity contribution in [2.75, 3.05) is 26.9 Å². The summed E-state index contributed by atoms with van der Waals surface area (Å²) >= 11 is 0. The first-order chi connectivity index (χ1) is 4.83. The van der Waals surface area contributed by atoms with Crippen molar-refractivity contribution in [3.63, 3.8) is 0 Å². The van der Waals surface area contributed by atoms with E-state index in [1.54, 1.807) is 7.11 Å². The summed E-state index contributed by atoms with van der Waals surface area (Å²) in [5, 5.41) is 0. The molecule has 60 valence electrons. The minimum Gasteiger partial charge on any atom is -0.369 e. The third kappa shape index (κ3) is 2.27. The summed E-state index contributed by atoms with van der Waals surface area (Å²) in [5.74, 6) is 0.865. The van der Waals surface area contributed by atoms with Crippen LogP contribution in [-0.4, -0.2) is 31.8 Å². The average Bonchev–Trinajstić information content (AvgIpc) is 1.88. The Labute approximate surface area is 63.2 Å². The molecule has 0 spiro atoms. The zero-order valence-electron chi connectivity index (χ0n) is 6.97. The second kappa shape index (κ2) is 3.94. The first kappa shape index (κ1) is 8.02. The van der Waals surface area contributed by atoms with Gasteiger partial charge in [0.25, 0.3) is 0 Å². The summed E-state index contributed by atoms with van der Waals surface area (Å²) in [4.78, 5) is 2.37. The van der Waals surface area contributed by atoms with Crippen LogP contribution < -0.4 is 0 Å². The summed E-state index contributed by atoms with van der Waals surface area (Å²) in [6.45, 7) is 5.55. The molecule has 0 aromatic carbocycles. The molecule has 1 fully saturated rings. The smallest absolute Gasteiger partial charge is 0.0986 e. The highest BCUT2D eigenvalue weighted by Gasteiger charge is 2.14. The molecule has 1 rings (SSSR count). The molecule has 1 aliphatic rings. The van der Waals surface area contributed by atoms with E-state index in [1.807, 2.05) is 0 Å². The lowest BCUT2D eigenvalue weighted by atomic mass is 10.0. The summed E-state index contributed by atoms with van der Waals surface area (Å²) in [5.41, 5.74) is 0. The molecule has 0 aromatic rings. The van der Waals surface area contributed by atoms with Gasteiger partial charge in [-0.15, -0.1) is 0 Å². The predicted octanol–water partition coefficient (Wildman–Crippen LogP) is 1.32. The van der Waals surface area contributed by atoms with Crippen LogP contribution in [0.3, 0.4) is 0 Å². The van der Waals surface area contributed by atoms with E-state index in [9.17, 15) is 0 Å². The molecule has 1 heterocycles. The maximum absolute atomic E-state index is 5.06. The molecule has 0 N–H and O–H groups in total. The molecule has 1 aliphatic heterocycles. The molecule has 0 aromatic heterocycles. The standard InChI is InChI=1S/C8H17NO/c1-8-4-3-5-9(6-8)7-10-2/h8H,3-7H2,1-2H3. The molecule has 2 heteroatoms. The minimum absolute atomic E-state index is 0.810. The van der Waals surface area contributed by atoms with Crippen molar-refractivity contribution in [2.45, 2.75) is 19.8 Å². The fourth-order valence-corrected chi connectivity index (χ4v) is 1.59. The second-order valence-electron chi connectivity index (χ2n) is 3.24. The average molecular weight is 143 g/mol. The van der Waals surface area contributed by atoms with Crippen LogP contribution >= 0.6 is 0 Å². The van der Waals surface area contributed by atoms with Crippen molar-refractivity contribution in [1.82, 2.24) is 4.90 Å². The first-order valence-corrected chi connectivity index (χ1v) is 4.04. The van der Waals surface area contributed by atoms with Crippen LogP contribution in [0.4, 0.5) is 0 Å². The van der Waals surface area contributed by atoms with E-state index in [2.05, 4.69) is 11.8 Å². The Kier molecular flexibility index (Phi) is 3.16. The van der Waals surface area contributed by atoms with Crippen LogP contribution in [0.25, 0.3) is 0 Å². The lowest BCUT2D eigenvalue weighted by molar-refractivity contribution is 0.0370. The van der Waals surface area contributed by atoms with Gasteiger partial charge in [-0.2, -0.15) is 0 Å². The molecule has 10 heavy (non-hydrogen) atoms. The topological polar surface area (TPSA) is 12.5 Å². The SMILES string of the molecule is COCN1CCCC(C)C1. The Morgan fingerprint density at radius 1 is 1.60 bits per heavy atom. The Hall–Kier alpha value is -0.0800. The molecule has 0 bridgehead atoms. The van der Waals surface area contributed by atoms with Crippen LogP contribution in [-0.2, 0) is 4.74 Å². The third-order valence-electron chi connectivity index (χ3n) is 2.05. The number of rotatable bonds is 2. The number of likely N-dealkylation sites (tertiary alicyclic amines) is 1. The van der Waals surface area contributed by atoms with Crippen molar-refractivity contribution in [1.29, 1.82) is 0 Å². The number of piperidine rings is 1. The van der Waals surface area contributed by atoms with E-state index >= 15 is 0 Å². The number of ether oxygens (including phenoxy) is 1. The van der Waals surface area contributed by atoms with E-state index in [4.69, 9.17) is 4.74 Å². The summed E-state index contributed by atoms with van der Waals surface area (Å²) < 4.78 is 5.06. The molecule has 1 atom stereocenters. The highest BCUT2D eigenvalue weighted by Crippen LogP contribution is 2.14. The highest BCUT2D eigenvalue weighted by atomic mass is 16.5. The van der Waals surface area contributed by atoms with Gasteiger partial charge in [0, 0.05) is 20.2 Å². The fourth-order valence-electron chi connectivity index (χ4n) is 1.59. The minimum atomic E-state index is 0.810. The lowest BCUT2D eigenvalue weighted by Gasteiger charge is -2.29. The summed E-state index contributed by atoms with van der Waals surface area (Å²) in [6, 6.07) is 0. The van der Waals surface area contributed by atoms with Crippen molar-refractivity contribution in [3.05, 3.63) is 0 Å². The second-order valence-corrected chi connectivity index (χ2v) is 3.24. The summed E-state index contributed by atoms with van der Waals surface area (Å²) in [6.07, 6.45) is 2.73. The van der Waals surface area contributed by atoms with Crippen LogP contribution in [0, 0.1) is 5.92 Å². The van der Waals surface area contributed by atoms with E-state index < -0.39 is 0 Å².